The number of carbonyl (C=O) groups excluding carboxylic acids is 2. The molecule has 0 radical (unpaired) electrons. The van der Waals surface area contributed by atoms with Crippen LogP contribution in [0, 0.1) is 5.41 Å². The lowest BCUT2D eigenvalue weighted by Gasteiger charge is -2.46. The Bertz CT molecular complexity index is 1610. The highest BCUT2D eigenvalue weighted by molar-refractivity contribution is 7.73. The summed E-state index contributed by atoms with van der Waals surface area (Å²) in [4.78, 5) is 27.6. The highest BCUT2D eigenvalue weighted by atomic mass is 31.1. The fourth-order valence-electron chi connectivity index (χ4n) is 6.50. The van der Waals surface area contributed by atoms with Gasteiger partial charge in [-0.3, -0.25) is 4.79 Å². The summed E-state index contributed by atoms with van der Waals surface area (Å²) < 4.78 is 13.2. The van der Waals surface area contributed by atoms with Gasteiger partial charge in [0.25, 0.3) is 8.32 Å². The van der Waals surface area contributed by atoms with Gasteiger partial charge in [-0.1, -0.05) is 163 Å². The van der Waals surface area contributed by atoms with Crippen molar-refractivity contribution in [3.63, 3.8) is 0 Å². The normalized spacial score (nSPS) is 14.3. The van der Waals surface area contributed by atoms with Gasteiger partial charge in [0.15, 0.2) is 0 Å². The van der Waals surface area contributed by atoms with E-state index in [4.69, 9.17) is 9.16 Å². The molecule has 2 N–H and O–H groups in total. The maximum absolute atomic E-state index is 14.5. The fraction of sp³-hybridized carbons (Fsp3) is 0.395. The van der Waals surface area contributed by atoms with Gasteiger partial charge in [0, 0.05) is 0 Å². The zero-order valence-electron chi connectivity index (χ0n) is 32.1. The third-order valence-corrected chi connectivity index (χ3v) is 16.7. The van der Waals surface area contributed by atoms with Crippen LogP contribution in [-0.4, -0.2) is 50.3 Å². The molecule has 6 nitrogen and oxygen atoms in total. The van der Waals surface area contributed by atoms with Crippen molar-refractivity contribution in [3.05, 3.63) is 121 Å². The van der Waals surface area contributed by atoms with Gasteiger partial charge in [0.2, 0.25) is 5.91 Å². The number of hydrogen-bond acceptors (Lipinski definition) is 4. The number of rotatable bonds is 12. The summed E-state index contributed by atoms with van der Waals surface area (Å²) >= 11 is 0. The first kappa shape index (κ1) is 40.0. The topological polar surface area (TPSA) is 76.7 Å². The molecule has 8 heteroatoms. The molecule has 4 aromatic carbocycles. The zero-order chi connectivity index (χ0) is 37.5. The van der Waals surface area contributed by atoms with Crippen LogP contribution in [0.4, 0.5) is 4.79 Å². The van der Waals surface area contributed by atoms with Gasteiger partial charge < -0.3 is 19.8 Å². The van der Waals surface area contributed by atoms with Gasteiger partial charge in [-0.15, -0.1) is 0 Å². The van der Waals surface area contributed by atoms with Gasteiger partial charge in [-0.2, -0.15) is 0 Å². The molecule has 2 amide bonds. The van der Waals surface area contributed by atoms with Crippen LogP contribution in [0.3, 0.4) is 0 Å². The summed E-state index contributed by atoms with van der Waals surface area (Å²) in [6.07, 6.45) is -0.390. The van der Waals surface area contributed by atoms with Crippen molar-refractivity contribution in [2.45, 2.75) is 98.1 Å². The van der Waals surface area contributed by atoms with Crippen molar-refractivity contribution < 1.29 is 18.8 Å². The minimum atomic E-state index is -2.99. The van der Waals surface area contributed by atoms with E-state index in [0.717, 1.165) is 0 Å². The maximum atomic E-state index is 14.5. The molecule has 0 aliphatic heterocycles. The summed E-state index contributed by atoms with van der Waals surface area (Å²) in [7, 11) is -3.89. The molecule has 0 aliphatic carbocycles. The van der Waals surface area contributed by atoms with Gasteiger partial charge in [-0.25, -0.2) is 4.79 Å². The molecule has 0 saturated heterocycles. The minimum Gasteiger partial charge on any atom is -0.444 e. The third-order valence-electron chi connectivity index (χ3n) is 8.98. The molecule has 0 unspecified atom stereocenters. The minimum absolute atomic E-state index is 0.256. The van der Waals surface area contributed by atoms with Crippen LogP contribution in [-0.2, 0) is 14.0 Å². The largest absolute Gasteiger partial charge is 0.444 e. The van der Waals surface area contributed by atoms with E-state index in [0.29, 0.717) is 6.16 Å². The Labute approximate surface area is 308 Å². The second-order valence-corrected chi connectivity index (χ2v) is 22.8. The molecule has 4 rings (SSSR count). The molecule has 0 saturated carbocycles. The van der Waals surface area contributed by atoms with Crippen molar-refractivity contribution in [1.82, 2.24) is 10.6 Å². The molecule has 272 valence electrons. The Morgan fingerprint density at radius 2 is 1.06 bits per heavy atom. The molecule has 4 aromatic rings. The molecule has 51 heavy (non-hydrogen) atoms. The zero-order valence-corrected chi connectivity index (χ0v) is 34.0. The van der Waals surface area contributed by atoms with Gasteiger partial charge in [-0.05, 0) is 73.2 Å². The van der Waals surface area contributed by atoms with E-state index in [2.05, 4.69) is 135 Å². The van der Waals surface area contributed by atoms with Gasteiger partial charge in [0.05, 0.1) is 12.1 Å². The van der Waals surface area contributed by atoms with Crippen LogP contribution in [0.2, 0.25) is 5.04 Å². The Morgan fingerprint density at radius 1 is 0.647 bits per heavy atom. The first-order valence-corrected chi connectivity index (χ1v) is 21.3. The number of carbonyl (C=O) groups is 2. The number of alkyl carbamates (subject to hydrolysis) is 1. The van der Waals surface area contributed by atoms with Crippen molar-refractivity contribution >= 4 is 49.2 Å². The van der Waals surface area contributed by atoms with E-state index in [1.165, 1.54) is 21.0 Å². The van der Waals surface area contributed by atoms with Crippen molar-refractivity contribution in [3.8, 4) is 0 Å². The first-order chi connectivity index (χ1) is 23.9. The SMILES string of the molecule is C[C@@H](O[Si](c1ccccc1)(c1ccccc1)C(C)(C)C)[C@@H](CP(c1ccccc1)c1ccccc1)NC(=O)[C@H](NC(=O)OC(C)(C)C)C(C)(C)C. The standard InChI is InChI=1S/C43H57N2O4PSi/c1-32(49-51(43(8,9)10,35-27-19-13-20-28-35)36-29-21-14-22-30-36)37(31-50(33-23-15-11-16-24-33)34-25-17-12-18-26-34)44-39(46)38(41(2,3)4)45-40(47)48-42(5,6)7/h11-30,32,37-38H,31H2,1-10H3,(H,44,46)(H,45,47)/t32-,37-,38+/m1/s1. The van der Waals surface area contributed by atoms with E-state index >= 15 is 0 Å². The van der Waals surface area contributed by atoms with E-state index in [1.54, 1.807) is 0 Å². The number of amides is 2. The number of ether oxygens (including phenoxy) is 1. The average molecular weight is 725 g/mol. The monoisotopic (exact) mass is 724 g/mol. The smallest absolute Gasteiger partial charge is 0.408 e. The second kappa shape index (κ2) is 16.7. The molecule has 0 heterocycles. The molecular weight excluding hydrogens is 668 g/mol. The van der Waals surface area contributed by atoms with Crippen molar-refractivity contribution in [2.24, 2.45) is 5.41 Å². The molecule has 0 bridgehead atoms. The number of hydrogen-bond donors (Lipinski definition) is 2. The van der Waals surface area contributed by atoms with Crippen molar-refractivity contribution in [1.29, 1.82) is 0 Å². The molecule has 0 aromatic heterocycles. The van der Waals surface area contributed by atoms with Crippen LogP contribution >= 0.6 is 7.92 Å². The maximum Gasteiger partial charge on any atom is 0.408 e. The molecule has 0 aliphatic rings. The van der Waals surface area contributed by atoms with E-state index in [-0.39, 0.29) is 10.9 Å². The summed E-state index contributed by atoms with van der Waals surface area (Å²) in [6, 6.07) is 41.0. The third kappa shape index (κ3) is 10.4. The predicted octanol–water partition coefficient (Wildman–Crippen LogP) is 7.51. The molecule has 3 atom stereocenters. The van der Waals surface area contributed by atoms with Crippen LogP contribution in [0.1, 0.15) is 69.2 Å². The summed E-state index contributed by atoms with van der Waals surface area (Å²) in [5.41, 5.74) is -1.30. The lowest BCUT2D eigenvalue weighted by atomic mass is 9.86. The Balaban J connectivity index is 1.84. The molecule has 0 fully saturated rings. The summed E-state index contributed by atoms with van der Waals surface area (Å²) in [6.45, 7) is 20.2. The van der Waals surface area contributed by atoms with E-state index in [9.17, 15) is 9.59 Å². The summed E-state index contributed by atoms with van der Waals surface area (Å²) in [5.74, 6) is -0.271. The highest BCUT2D eigenvalue weighted by Crippen LogP contribution is 2.40. The van der Waals surface area contributed by atoms with Crippen LogP contribution in [0.5, 0.6) is 0 Å². The van der Waals surface area contributed by atoms with Gasteiger partial charge in [0.1, 0.15) is 11.6 Å². The molecule has 0 spiro atoms. The molecular formula is C43H57N2O4PSi. The first-order valence-electron chi connectivity index (χ1n) is 17.9. The Morgan fingerprint density at radius 3 is 1.43 bits per heavy atom. The van der Waals surface area contributed by atoms with E-state index in [1.807, 2.05) is 65.8 Å². The van der Waals surface area contributed by atoms with Crippen LogP contribution < -0.4 is 31.6 Å². The highest BCUT2D eigenvalue weighted by Gasteiger charge is 2.52. The fourth-order valence-corrected chi connectivity index (χ4v) is 13.8. The number of benzene rings is 4. The summed E-state index contributed by atoms with van der Waals surface area (Å²) in [5, 5.41) is 10.9. The van der Waals surface area contributed by atoms with Crippen LogP contribution in [0.25, 0.3) is 0 Å². The van der Waals surface area contributed by atoms with Gasteiger partial charge >= 0.3 is 6.09 Å². The van der Waals surface area contributed by atoms with Crippen LogP contribution in [0.15, 0.2) is 121 Å². The Hall–Kier alpha value is -3.77. The second-order valence-electron chi connectivity index (χ2n) is 16.3. The number of nitrogens with one attached hydrogen (secondary N) is 2. The van der Waals surface area contributed by atoms with E-state index < -0.39 is 51.5 Å². The lowest BCUT2D eigenvalue weighted by Crippen LogP contribution is -2.69. The lowest BCUT2D eigenvalue weighted by molar-refractivity contribution is -0.126. The quantitative estimate of drug-likeness (QED) is 0.117. The Kier molecular flexibility index (Phi) is 13.1. The predicted molar refractivity (Wildman–Crippen MR) is 217 cm³/mol. The average Bonchev–Trinajstić information content (AvgIpc) is 3.07. The van der Waals surface area contributed by atoms with Crippen molar-refractivity contribution in [2.75, 3.05) is 6.16 Å².